The summed E-state index contributed by atoms with van der Waals surface area (Å²) in [7, 11) is -6.96. The molecular formula is C31H35NO8S2. The number of phenolic OH excluding ortho intramolecular Hbond substituents is 1. The van der Waals surface area contributed by atoms with E-state index in [-0.39, 0.29) is 10.6 Å². The molecule has 0 amide bonds. The van der Waals surface area contributed by atoms with Gasteiger partial charge >= 0.3 is 0 Å². The van der Waals surface area contributed by atoms with Crippen molar-refractivity contribution in [3.8, 4) is 34.1 Å². The second-order valence-corrected chi connectivity index (χ2v) is 13.7. The van der Waals surface area contributed by atoms with Crippen molar-refractivity contribution in [1.82, 2.24) is 4.90 Å². The number of fused-ring (bicyclic) bond motifs is 1. The van der Waals surface area contributed by atoms with Crippen LogP contribution in [0.25, 0.3) is 21.9 Å². The molecule has 224 valence electrons. The lowest BCUT2D eigenvalue weighted by Gasteiger charge is -2.26. The molecule has 0 radical (unpaired) electrons. The van der Waals surface area contributed by atoms with Gasteiger partial charge in [-0.25, -0.2) is 8.42 Å². The predicted octanol–water partition coefficient (Wildman–Crippen LogP) is 5.78. The van der Waals surface area contributed by atoms with Crippen molar-refractivity contribution < 1.29 is 36.0 Å². The molecule has 9 nitrogen and oxygen atoms in total. The van der Waals surface area contributed by atoms with Gasteiger partial charge in [0.05, 0.1) is 11.2 Å². The second-order valence-electron chi connectivity index (χ2n) is 10.2. The number of aromatic hydroxyl groups is 1. The van der Waals surface area contributed by atoms with Crippen LogP contribution in [-0.2, 0) is 20.0 Å². The first-order valence-electron chi connectivity index (χ1n) is 13.5. The first-order valence-corrected chi connectivity index (χ1v) is 17.2. The third-order valence-corrected chi connectivity index (χ3v) is 7.84. The Morgan fingerprint density at radius 2 is 1.40 bits per heavy atom. The Kier molecular flexibility index (Phi) is 10.1. The summed E-state index contributed by atoms with van der Waals surface area (Å²) in [5.74, 6) is 2.25. The predicted molar refractivity (Wildman–Crippen MR) is 164 cm³/mol. The minimum absolute atomic E-state index is 0.176. The molecule has 11 heteroatoms. The van der Waals surface area contributed by atoms with Crippen LogP contribution < -0.4 is 9.47 Å². The van der Waals surface area contributed by atoms with E-state index >= 15 is 0 Å². The maximum absolute atomic E-state index is 11.9. The largest absolute Gasteiger partial charge is 0.508 e. The summed E-state index contributed by atoms with van der Waals surface area (Å²) < 4.78 is 62.0. The highest BCUT2D eigenvalue weighted by Crippen LogP contribution is 2.41. The quantitative estimate of drug-likeness (QED) is 0.238. The Morgan fingerprint density at radius 3 is 2.02 bits per heavy atom. The molecule has 1 aliphatic heterocycles. The fourth-order valence-electron chi connectivity index (χ4n) is 4.71. The van der Waals surface area contributed by atoms with Crippen molar-refractivity contribution in [2.45, 2.75) is 24.2 Å². The van der Waals surface area contributed by atoms with Gasteiger partial charge in [-0.15, -0.1) is 0 Å². The lowest BCUT2D eigenvalue weighted by Crippen LogP contribution is -2.33. The molecule has 0 aromatic heterocycles. The Labute approximate surface area is 247 Å². The molecule has 42 heavy (non-hydrogen) atoms. The molecular weight excluding hydrogens is 578 g/mol. The summed E-state index contributed by atoms with van der Waals surface area (Å²) in [6, 6.07) is 23.3. The smallest absolute Gasteiger partial charge is 0.261 e. The van der Waals surface area contributed by atoms with Crippen LogP contribution in [0.1, 0.15) is 19.3 Å². The van der Waals surface area contributed by atoms with E-state index in [1.807, 2.05) is 42.5 Å². The number of likely N-dealkylation sites (tertiary alicyclic amines) is 1. The summed E-state index contributed by atoms with van der Waals surface area (Å²) in [4.78, 5) is 2.71. The number of sulfone groups is 1. The van der Waals surface area contributed by atoms with E-state index in [0.29, 0.717) is 24.4 Å². The molecule has 1 aliphatic rings. The van der Waals surface area contributed by atoms with E-state index in [9.17, 15) is 21.9 Å². The molecule has 1 saturated heterocycles. The first kappa shape index (κ1) is 31.3. The minimum Gasteiger partial charge on any atom is -0.508 e. The number of nitrogens with zero attached hydrogens (tertiary/aromatic N) is 1. The van der Waals surface area contributed by atoms with Gasteiger partial charge in [-0.2, -0.15) is 8.42 Å². The van der Waals surface area contributed by atoms with Crippen LogP contribution in [0, 0.1) is 0 Å². The van der Waals surface area contributed by atoms with Crippen LogP contribution in [0.15, 0.2) is 83.8 Å². The number of benzene rings is 4. The zero-order valence-electron chi connectivity index (χ0n) is 23.6. The minimum atomic E-state index is -3.67. The normalized spacial score (nSPS) is 14.2. The molecule has 2 N–H and O–H groups in total. The molecule has 0 atom stereocenters. The van der Waals surface area contributed by atoms with E-state index in [1.54, 1.807) is 36.4 Å². The summed E-state index contributed by atoms with van der Waals surface area (Å²) >= 11 is 0. The molecule has 0 unspecified atom stereocenters. The monoisotopic (exact) mass is 613 g/mol. The van der Waals surface area contributed by atoms with Crippen LogP contribution in [0.2, 0.25) is 0 Å². The standard InChI is InChI=1S/C30H31NO5S.CH4O3S/c1-37(33,34)27-13-5-22(6-14-27)28-15-7-23-21-24(32)8-16-29(23)30(28)36-26-11-9-25(10-12-26)35-20-19-31-17-3-2-4-18-31;1-5(2,3)4/h5-16,21,32H,2-4,17-20H2,1H3;1H3,(H,2,3,4). The van der Waals surface area contributed by atoms with Gasteiger partial charge < -0.3 is 14.6 Å². The van der Waals surface area contributed by atoms with Crippen molar-refractivity contribution in [3.63, 3.8) is 0 Å². The highest BCUT2D eigenvalue weighted by molar-refractivity contribution is 7.90. The van der Waals surface area contributed by atoms with Gasteiger partial charge in [0.15, 0.2) is 9.84 Å². The van der Waals surface area contributed by atoms with E-state index in [2.05, 4.69) is 4.90 Å². The van der Waals surface area contributed by atoms with Gasteiger partial charge in [0.1, 0.15) is 29.6 Å². The fraction of sp³-hybridized carbons (Fsp3) is 0.290. The third-order valence-electron chi connectivity index (χ3n) is 6.72. The summed E-state index contributed by atoms with van der Waals surface area (Å²) in [6.07, 6.45) is 5.77. The maximum Gasteiger partial charge on any atom is 0.261 e. The number of ether oxygens (including phenoxy) is 2. The lowest BCUT2D eigenvalue weighted by atomic mass is 9.99. The summed E-state index contributed by atoms with van der Waals surface area (Å²) in [5, 5.41) is 11.6. The van der Waals surface area contributed by atoms with Gasteiger partial charge in [0, 0.05) is 23.8 Å². The van der Waals surface area contributed by atoms with Crippen molar-refractivity contribution in [2.24, 2.45) is 0 Å². The number of hydrogen-bond donors (Lipinski definition) is 2. The number of phenols is 1. The van der Waals surface area contributed by atoms with Crippen molar-refractivity contribution in [2.75, 3.05) is 38.8 Å². The second kappa shape index (κ2) is 13.6. The van der Waals surface area contributed by atoms with Crippen LogP contribution in [-0.4, -0.2) is 70.1 Å². The maximum atomic E-state index is 11.9. The fourth-order valence-corrected chi connectivity index (χ4v) is 5.34. The SMILES string of the molecule is CS(=O)(=O)O.CS(=O)(=O)c1ccc(-c2ccc3cc(O)ccc3c2Oc2ccc(OCCN3CCCCC3)cc2)cc1. The average Bonchev–Trinajstić information content (AvgIpc) is 2.93. The number of rotatable bonds is 8. The molecule has 1 heterocycles. The highest BCUT2D eigenvalue weighted by Gasteiger charge is 2.15. The van der Waals surface area contributed by atoms with E-state index in [4.69, 9.17) is 14.0 Å². The van der Waals surface area contributed by atoms with E-state index in [1.165, 1.54) is 25.5 Å². The Morgan fingerprint density at radius 1 is 0.786 bits per heavy atom. The Balaban J connectivity index is 0.000000748. The van der Waals surface area contributed by atoms with Crippen LogP contribution in [0.4, 0.5) is 0 Å². The van der Waals surface area contributed by atoms with Crippen molar-refractivity contribution in [1.29, 1.82) is 0 Å². The van der Waals surface area contributed by atoms with Gasteiger partial charge in [-0.1, -0.05) is 24.6 Å². The van der Waals surface area contributed by atoms with Crippen molar-refractivity contribution in [3.05, 3.63) is 78.9 Å². The molecule has 0 aliphatic carbocycles. The third kappa shape index (κ3) is 9.18. The summed E-state index contributed by atoms with van der Waals surface area (Å²) in [6.45, 7) is 3.89. The molecule has 5 rings (SSSR count). The number of hydrogen-bond acceptors (Lipinski definition) is 8. The van der Waals surface area contributed by atoms with E-state index in [0.717, 1.165) is 47.3 Å². The van der Waals surface area contributed by atoms with Gasteiger partial charge in [0.25, 0.3) is 10.1 Å². The lowest BCUT2D eigenvalue weighted by molar-refractivity contribution is 0.183. The zero-order chi connectivity index (χ0) is 30.3. The average molecular weight is 614 g/mol. The van der Waals surface area contributed by atoms with Gasteiger partial charge in [-0.05, 0) is 97.5 Å². The molecule has 0 saturated carbocycles. The molecule has 0 spiro atoms. The molecule has 0 bridgehead atoms. The molecule has 4 aromatic carbocycles. The van der Waals surface area contributed by atoms with E-state index < -0.39 is 20.0 Å². The number of piperidine rings is 1. The topological polar surface area (TPSA) is 130 Å². The highest BCUT2D eigenvalue weighted by atomic mass is 32.2. The van der Waals surface area contributed by atoms with Crippen LogP contribution in [0.3, 0.4) is 0 Å². The molecule has 4 aromatic rings. The van der Waals surface area contributed by atoms with Gasteiger partial charge in [-0.3, -0.25) is 9.45 Å². The zero-order valence-corrected chi connectivity index (χ0v) is 25.2. The molecule has 1 fully saturated rings. The van der Waals surface area contributed by atoms with Crippen molar-refractivity contribution >= 4 is 30.7 Å². The summed E-state index contributed by atoms with van der Waals surface area (Å²) in [5.41, 5.74) is 1.65. The van der Waals surface area contributed by atoms with Gasteiger partial charge in [0.2, 0.25) is 0 Å². The first-order chi connectivity index (χ1) is 19.9. The Hall–Kier alpha value is -3.64. The van der Waals surface area contributed by atoms with Crippen LogP contribution >= 0.6 is 0 Å². The van der Waals surface area contributed by atoms with Crippen LogP contribution in [0.5, 0.6) is 23.0 Å². The Bertz CT molecular complexity index is 1710.